The second-order valence-corrected chi connectivity index (χ2v) is 4.74. The molecule has 5 heteroatoms. The molecule has 0 bridgehead atoms. The fraction of sp³-hybridized carbons (Fsp3) is 0.636. The summed E-state index contributed by atoms with van der Waals surface area (Å²) < 4.78 is 7.30. The van der Waals surface area contributed by atoms with Crippen LogP contribution in [0, 0.1) is 0 Å². The first kappa shape index (κ1) is 11.1. The number of carboxylic acids is 1. The standard InChI is InChI=1S/C11H16N2O3/c1-11(2)5-3-8(16-11)7-13-9(10(14)15)4-6-12-13/h4,6,8H,3,5,7H2,1-2H3,(H,14,15). The molecule has 1 atom stereocenters. The molecule has 0 amide bonds. The molecule has 0 spiro atoms. The van der Waals surface area contributed by atoms with Gasteiger partial charge in [0.05, 0.1) is 18.2 Å². The molecule has 1 aliphatic rings. The Morgan fingerprint density at radius 1 is 1.75 bits per heavy atom. The van der Waals surface area contributed by atoms with Gasteiger partial charge in [0.15, 0.2) is 0 Å². The zero-order valence-corrected chi connectivity index (χ0v) is 9.51. The van der Waals surface area contributed by atoms with E-state index >= 15 is 0 Å². The smallest absolute Gasteiger partial charge is 0.354 e. The van der Waals surface area contributed by atoms with Gasteiger partial charge in [-0.1, -0.05) is 0 Å². The highest BCUT2D eigenvalue weighted by atomic mass is 16.5. The van der Waals surface area contributed by atoms with Gasteiger partial charge in [-0.05, 0) is 32.8 Å². The molecule has 0 aromatic carbocycles. The lowest BCUT2D eigenvalue weighted by atomic mass is 10.1. The van der Waals surface area contributed by atoms with Crippen LogP contribution in [0.2, 0.25) is 0 Å². The van der Waals surface area contributed by atoms with Crippen molar-refractivity contribution in [3.05, 3.63) is 18.0 Å². The average molecular weight is 224 g/mol. The van der Waals surface area contributed by atoms with E-state index in [0.29, 0.717) is 6.54 Å². The van der Waals surface area contributed by atoms with E-state index in [2.05, 4.69) is 5.10 Å². The maximum Gasteiger partial charge on any atom is 0.354 e. The Bertz CT molecular complexity index is 398. The van der Waals surface area contributed by atoms with E-state index in [9.17, 15) is 4.79 Å². The Balaban J connectivity index is 2.05. The van der Waals surface area contributed by atoms with Crippen LogP contribution in [0.5, 0.6) is 0 Å². The third-order valence-electron chi connectivity index (χ3n) is 2.87. The first-order valence-electron chi connectivity index (χ1n) is 5.41. The highest BCUT2D eigenvalue weighted by Gasteiger charge is 2.32. The van der Waals surface area contributed by atoms with Crippen molar-refractivity contribution in [1.29, 1.82) is 0 Å². The molecular weight excluding hydrogens is 208 g/mol. The van der Waals surface area contributed by atoms with Gasteiger partial charge in [0.1, 0.15) is 5.69 Å². The Hall–Kier alpha value is -1.36. The van der Waals surface area contributed by atoms with Crippen LogP contribution in [0.1, 0.15) is 37.2 Å². The predicted molar refractivity (Wildman–Crippen MR) is 57.4 cm³/mol. The summed E-state index contributed by atoms with van der Waals surface area (Å²) in [5.41, 5.74) is 0.120. The number of carbonyl (C=O) groups is 1. The largest absolute Gasteiger partial charge is 0.477 e. The molecule has 1 unspecified atom stereocenters. The summed E-state index contributed by atoms with van der Waals surface area (Å²) in [6.45, 7) is 4.61. The molecule has 5 nitrogen and oxygen atoms in total. The highest BCUT2D eigenvalue weighted by molar-refractivity contribution is 5.85. The number of nitrogens with zero attached hydrogens (tertiary/aromatic N) is 2. The molecule has 0 saturated carbocycles. The van der Waals surface area contributed by atoms with Gasteiger partial charge < -0.3 is 9.84 Å². The van der Waals surface area contributed by atoms with Crippen LogP contribution in [0.4, 0.5) is 0 Å². The predicted octanol–water partition coefficient (Wildman–Crippen LogP) is 1.54. The third kappa shape index (κ3) is 2.24. The Labute approximate surface area is 94.0 Å². The summed E-state index contributed by atoms with van der Waals surface area (Å²) in [6, 6.07) is 1.50. The molecule has 88 valence electrons. The molecule has 1 aromatic rings. The molecule has 0 radical (unpaired) electrons. The third-order valence-corrected chi connectivity index (χ3v) is 2.87. The maximum absolute atomic E-state index is 10.9. The molecule has 1 saturated heterocycles. The molecule has 1 fully saturated rings. The van der Waals surface area contributed by atoms with Crippen molar-refractivity contribution >= 4 is 5.97 Å². The molecule has 1 aliphatic heterocycles. The molecule has 2 rings (SSSR count). The van der Waals surface area contributed by atoms with E-state index in [4.69, 9.17) is 9.84 Å². The number of rotatable bonds is 3. The SMILES string of the molecule is CC1(C)CCC(Cn2nccc2C(=O)O)O1. The molecule has 1 aromatic heterocycles. The van der Waals surface area contributed by atoms with Crippen molar-refractivity contribution in [2.24, 2.45) is 0 Å². The second-order valence-electron chi connectivity index (χ2n) is 4.74. The summed E-state index contributed by atoms with van der Waals surface area (Å²) in [5.74, 6) is -0.949. The normalized spacial score (nSPS) is 23.5. The highest BCUT2D eigenvalue weighted by Crippen LogP contribution is 2.30. The first-order valence-corrected chi connectivity index (χ1v) is 5.41. The van der Waals surface area contributed by atoms with E-state index < -0.39 is 5.97 Å². The Morgan fingerprint density at radius 3 is 3.06 bits per heavy atom. The van der Waals surface area contributed by atoms with Crippen LogP contribution in [0.15, 0.2) is 12.3 Å². The number of aromatic nitrogens is 2. The van der Waals surface area contributed by atoms with Gasteiger partial charge in [-0.25, -0.2) is 4.79 Å². The molecule has 1 N–H and O–H groups in total. The van der Waals surface area contributed by atoms with Crippen LogP contribution < -0.4 is 0 Å². The average Bonchev–Trinajstić information content (AvgIpc) is 2.73. The fourth-order valence-electron chi connectivity index (χ4n) is 2.06. The van der Waals surface area contributed by atoms with Crippen LogP contribution in [-0.2, 0) is 11.3 Å². The van der Waals surface area contributed by atoms with Crippen molar-refractivity contribution < 1.29 is 14.6 Å². The van der Waals surface area contributed by atoms with Gasteiger partial charge in [0, 0.05) is 6.20 Å². The number of ether oxygens (including phenoxy) is 1. The summed E-state index contributed by atoms with van der Waals surface area (Å²) >= 11 is 0. The molecular formula is C11H16N2O3. The lowest BCUT2D eigenvalue weighted by Crippen LogP contribution is -2.24. The van der Waals surface area contributed by atoms with E-state index in [0.717, 1.165) is 12.8 Å². The van der Waals surface area contributed by atoms with Crippen LogP contribution in [-0.4, -0.2) is 32.6 Å². The summed E-state index contributed by atoms with van der Waals surface area (Å²) in [6.07, 6.45) is 3.52. The minimum atomic E-state index is -0.949. The summed E-state index contributed by atoms with van der Waals surface area (Å²) in [5, 5.41) is 12.9. The monoisotopic (exact) mass is 224 g/mol. The number of hydrogen-bond donors (Lipinski definition) is 1. The Morgan fingerprint density at radius 2 is 2.50 bits per heavy atom. The molecule has 0 aliphatic carbocycles. The van der Waals surface area contributed by atoms with E-state index in [1.807, 2.05) is 13.8 Å². The first-order chi connectivity index (χ1) is 7.48. The van der Waals surface area contributed by atoms with Crippen molar-refractivity contribution in [3.63, 3.8) is 0 Å². The number of aromatic carboxylic acids is 1. The van der Waals surface area contributed by atoms with Gasteiger partial charge in [0.2, 0.25) is 0 Å². The maximum atomic E-state index is 10.9. The van der Waals surface area contributed by atoms with Crippen LogP contribution in [0.3, 0.4) is 0 Å². The Kier molecular flexibility index (Phi) is 2.71. The zero-order valence-electron chi connectivity index (χ0n) is 9.51. The lowest BCUT2D eigenvalue weighted by molar-refractivity contribution is -0.0232. The number of carboxylic acid groups (broad SMARTS) is 1. The van der Waals surface area contributed by atoms with E-state index in [1.165, 1.54) is 16.9 Å². The van der Waals surface area contributed by atoms with Crippen LogP contribution >= 0.6 is 0 Å². The molecule has 2 heterocycles. The number of hydrogen-bond acceptors (Lipinski definition) is 3. The van der Waals surface area contributed by atoms with Gasteiger partial charge in [-0.3, -0.25) is 4.68 Å². The van der Waals surface area contributed by atoms with E-state index in [-0.39, 0.29) is 17.4 Å². The molecule has 16 heavy (non-hydrogen) atoms. The van der Waals surface area contributed by atoms with Gasteiger partial charge >= 0.3 is 5.97 Å². The summed E-state index contributed by atoms with van der Waals surface area (Å²) in [7, 11) is 0. The summed E-state index contributed by atoms with van der Waals surface area (Å²) in [4.78, 5) is 10.9. The van der Waals surface area contributed by atoms with Gasteiger partial charge in [-0.15, -0.1) is 0 Å². The van der Waals surface area contributed by atoms with Crippen molar-refractivity contribution in [2.45, 2.75) is 44.9 Å². The lowest BCUT2D eigenvalue weighted by Gasteiger charge is -2.19. The second kappa shape index (κ2) is 3.90. The van der Waals surface area contributed by atoms with Gasteiger partial charge in [-0.2, -0.15) is 5.10 Å². The topological polar surface area (TPSA) is 64.4 Å². The van der Waals surface area contributed by atoms with Crippen molar-refractivity contribution in [2.75, 3.05) is 0 Å². The van der Waals surface area contributed by atoms with Gasteiger partial charge in [0.25, 0.3) is 0 Å². The van der Waals surface area contributed by atoms with Crippen molar-refractivity contribution in [3.8, 4) is 0 Å². The van der Waals surface area contributed by atoms with Crippen molar-refractivity contribution in [1.82, 2.24) is 9.78 Å². The minimum Gasteiger partial charge on any atom is -0.477 e. The fourth-order valence-corrected chi connectivity index (χ4v) is 2.06. The quantitative estimate of drug-likeness (QED) is 0.845. The minimum absolute atomic E-state index is 0.0630. The zero-order chi connectivity index (χ0) is 11.8. The van der Waals surface area contributed by atoms with E-state index in [1.54, 1.807) is 0 Å². The van der Waals surface area contributed by atoms with Crippen LogP contribution in [0.25, 0.3) is 0 Å².